The second-order valence-corrected chi connectivity index (χ2v) is 6.69. The molecular weight excluding hydrogens is 378 g/mol. The third-order valence-corrected chi connectivity index (χ3v) is 4.36. The van der Waals surface area contributed by atoms with Crippen LogP contribution in [0.5, 0.6) is 0 Å². The van der Waals surface area contributed by atoms with Gasteiger partial charge in [-0.05, 0) is 42.3 Å². The van der Waals surface area contributed by atoms with Gasteiger partial charge in [0.25, 0.3) is 5.91 Å². The summed E-state index contributed by atoms with van der Waals surface area (Å²) in [6, 6.07) is 26.6. The van der Waals surface area contributed by atoms with Crippen LogP contribution in [0.25, 0.3) is 0 Å². The summed E-state index contributed by atoms with van der Waals surface area (Å²) in [6.07, 6.45) is -0.522. The van der Waals surface area contributed by atoms with Gasteiger partial charge in [-0.1, -0.05) is 60.7 Å². The first-order valence-electron chi connectivity index (χ1n) is 9.81. The van der Waals surface area contributed by atoms with E-state index in [9.17, 15) is 9.59 Å². The maximum Gasteiger partial charge on any atom is 0.411 e. The fraction of sp³-hybridized carbons (Fsp3) is 0.167. The Morgan fingerprint density at radius 2 is 1.33 bits per heavy atom. The van der Waals surface area contributed by atoms with Crippen molar-refractivity contribution in [2.24, 2.45) is 0 Å². The quantitative estimate of drug-likeness (QED) is 0.539. The number of hydrazine groups is 1. The molecule has 0 radical (unpaired) electrons. The number of rotatable bonds is 8. The molecule has 0 aromatic heterocycles. The number of benzene rings is 3. The van der Waals surface area contributed by atoms with Crippen LogP contribution in [0.15, 0.2) is 84.9 Å². The number of nitrogens with zero attached hydrogens (tertiary/aromatic N) is 1. The van der Waals surface area contributed by atoms with Gasteiger partial charge in [0.1, 0.15) is 0 Å². The van der Waals surface area contributed by atoms with Gasteiger partial charge in [-0.15, -0.1) is 0 Å². The van der Waals surface area contributed by atoms with Crippen molar-refractivity contribution in [2.45, 2.75) is 20.0 Å². The molecule has 0 bridgehead atoms. The summed E-state index contributed by atoms with van der Waals surface area (Å²) in [5.74, 6) is -0.218. The number of anilines is 1. The average molecular weight is 403 g/mol. The summed E-state index contributed by atoms with van der Waals surface area (Å²) < 4.78 is 4.85. The molecule has 0 aliphatic heterocycles. The summed E-state index contributed by atoms with van der Waals surface area (Å²) in [7, 11) is 0. The van der Waals surface area contributed by atoms with E-state index >= 15 is 0 Å². The van der Waals surface area contributed by atoms with Crippen LogP contribution in [0.3, 0.4) is 0 Å². The predicted octanol–water partition coefficient (Wildman–Crippen LogP) is 4.60. The molecule has 0 atom stereocenters. The van der Waals surface area contributed by atoms with Gasteiger partial charge in [-0.3, -0.25) is 15.5 Å². The molecule has 0 spiro atoms. The second kappa shape index (κ2) is 10.8. The van der Waals surface area contributed by atoms with Crippen molar-refractivity contribution >= 4 is 17.7 Å². The molecule has 2 N–H and O–H groups in total. The monoisotopic (exact) mass is 403 g/mol. The summed E-state index contributed by atoms with van der Waals surface area (Å²) in [4.78, 5) is 24.3. The van der Waals surface area contributed by atoms with Gasteiger partial charge < -0.3 is 4.74 Å². The molecule has 6 nitrogen and oxygen atoms in total. The molecule has 0 saturated heterocycles. The van der Waals surface area contributed by atoms with E-state index in [2.05, 4.69) is 10.7 Å². The van der Waals surface area contributed by atoms with Crippen LogP contribution in [0.1, 0.15) is 28.4 Å². The number of hydrogen-bond donors (Lipinski definition) is 2. The highest BCUT2D eigenvalue weighted by atomic mass is 16.5. The van der Waals surface area contributed by atoms with Gasteiger partial charge in [0.15, 0.2) is 0 Å². The molecule has 154 valence electrons. The van der Waals surface area contributed by atoms with E-state index in [4.69, 9.17) is 4.74 Å². The zero-order chi connectivity index (χ0) is 21.2. The largest absolute Gasteiger partial charge is 0.450 e. The lowest BCUT2D eigenvalue weighted by Gasteiger charge is -2.23. The molecular formula is C24H25N3O3. The zero-order valence-corrected chi connectivity index (χ0v) is 16.9. The molecule has 2 amide bonds. The van der Waals surface area contributed by atoms with E-state index in [0.717, 1.165) is 11.1 Å². The topological polar surface area (TPSA) is 70.7 Å². The van der Waals surface area contributed by atoms with Crippen molar-refractivity contribution in [3.8, 4) is 0 Å². The van der Waals surface area contributed by atoms with E-state index in [-0.39, 0.29) is 5.91 Å². The zero-order valence-electron chi connectivity index (χ0n) is 16.9. The van der Waals surface area contributed by atoms with Crippen molar-refractivity contribution in [1.82, 2.24) is 10.4 Å². The summed E-state index contributed by atoms with van der Waals surface area (Å²) in [5.41, 5.74) is 6.25. The molecule has 0 unspecified atom stereocenters. The van der Waals surface area contributed by atoms with Crippen LogP contribution in [-0.4, -0.2) is 23.6 Å². The summed E-state index contributed by atoms with van der Waals surface area (Å²) in [6.45, 7) is 3.18. The number of carbonyl (C=O) groups is 2. The first-order chi connectivity index (χ1) is 14.6. The third kappa shape index (κ3) is 6.46. The van der Waals surface area contributed by atoms with Gasteiger partial charge in [-0.25, -0.2) is 9.80 Å². The fourth-order valence-electron chi connectivity index (χ4n) is 2.94. The van der Waals surface area contributed by atoms with Crippen molar-refractivity contribution in [3.05, 3.63) is 102 Å². The molecule has 0 heterocycles. The molecule has 0 aliphatic carbocycles. The van der Waals surface area contributed by atoms with E-state index in [0.29, 0.717) is 30.9 Å². The first kappa shape index (κ1) is 21.1. The smallest absolute Gasteiger partial charge is 0.411 e. The number of hydrogen-bond acceptors (Lipinski definition) is 4. The number of carbonyl (C=O) groups excluding carboxylic acids is 2. The Labute approximate surface area is 176 Å². The first-order valence-corrected chi connectivity index (χ1v) is 9.81. The van der Waals surface area contributed by atoms with Gasteiger partial charge in [-0.2, -0.15) is 0 Å². The van der Waals surface area contributed by atoms with Crippen LogP contribution >= 0.6 is 0 Å². The highest BCUT2D eigenvalue weighted by molar-refractivity contribution is 5.94. The summed E-state index contributed by atoms with van der Waals surface area (Å²) >= 11 is 0. The maximum absolute atomic E-state index is 12.8. The molecule has 3 aromatic carbocycles. The molecule has 3 aromatic rings. The standard InChI is InChI=1S/C24H25N3O3/c1-2-30-24(29)25-22-15-13-21(14-16-22)23(28)26-27(17-19-9-5-3-6-10-19)18-20-11-7-4-8-12-20/h3-16H,2,17-18H2,1H3,(H,25,29)(H,26,28). The molecule has 3 rings (SSSR count). The highest BCUT2D eigenvalue weighted by Crippen LogP contribution is 2.12. The second-order valence-electron chi connectivity index (χ2n) is 6.69. The Morgan fingerprint density at radius 3 is 1.83 bits per heavy atom. The molecule has 0 saturated carbocycles. The average Bonchev–Trinajstić information content (AvgIpc) is 2.76. The van der Waals surface area contributed by atoms with E-state index in [1.165, 1.54) is 0 Å². The van der Waals surface area contributed by atoms with E-state index in [1.807, 2.05) is 65.7 Å². The van der Waals surface area contributed by atoms with Crippen LogP contribution < -0.4 is 10.7 Å². The minimum Gasteiger partial charge on any atom is -0.450 e. The number of ether oxygens (including phenoxy) is 1. The fourth-order valence-corrected chi connectivity index (χ4v) is 2.94. The lowest BCUT2D eigenvalue weighted by Crippen LogP contribution is -2.41. The SMILES string of the molecule is CCOC(=O)Nc1ccc(C(=O)NN(Cc2ccccc2)Cc2ccccc2)cc1. The molecule has 6 heteroatoms. The minimum atomic E-state index is -0.522. The molecule has 30 heavy (non-hydrogen) atoms. The Morgan fingerprint density at radius 1 is 0.800 bits per heavy atom. The normalized spacial score (nSPS) is 10.5. The van der Waals surface area contributed by atoms with Crippen molar-refractivity contribution < 1.29 is 14.3 Å². The summed E-state index contributed by atoms with van der Waals surface area (Å²) in [5, 5.41) is 4.50. The van der Waals surface area contributed by atoms with E-state index < -0.39 is 6.09 Å². The Kier molecular flexibility index (Phi) is 7.58. The highest BCUT2D eigenvalue weighted by Gasteiger charge is 2.13. The lowest BCUT2D eigenvalue weighted by atomic mass is 10.2. The van der Waals surface area contributed by atoms with Crippen LogP contribution in [0, 0.1) is 0 Å². The predicted molar refractivity (Wildman–Crippen MR) is 117 cm³/mol. The Balaban J connectivity index is 1.68. The number of amides is 2. The van der Waals surface area contributed by atoms with E-state index in [1.54, 1.807) is 31.2 Å². The van der Waals surface area contributed by atoms with Crippen molar-refractivity contribution in [2.75, 3.05) is 11.9 Å². The van der Waals surface area contributed by atoms with Gasteiger partial charge in [0, 0.05) is 24.3 Å². The van der Waals surface area contributed by atoms with Gasteiger partial charge in [0.2, 0.25) is 0 Å². The van der Waals surface area contributed by atoms with Crippen molar-refractivity contribution in [3.63, 3.8) is 0 Å². The number of nitrogens with one attached hydrogen (secondary N) is 2. The lowest BCUT2D eigenvalue weighted by molar-refractivity contribution is 0.0759. The molecule has 0 aliphatic rings. The molecule has 0 fully saturated rings. The Hall–Kier alpha value is -3.64. The van der Waals surface area contributed by atoms with Crippen LogP contribution in [0.2, 0.25) is 0 Å². The minimum absolute atomic E-state index is 0.218. The van der Waals surface area contributed by atoms with Crippen LogP contribution in [-0.2, 0) is 17.8 Å². The van der Waals surface area contributed by atoms with Gasteiger partial charge in [0.05, 0.1) is 6.61 Å². The Bertz CT molecular complexity index is 903. The third-order valence-electron chi connectivity index (χ3n) is 4.36. The van der Waals surface area contributed by atoms with Crippen molar-refractivity contribution in [1.29, 1.82) is 0 Å². The van der Waals surface area contributed by atoms with Gasteiger partial charge >= 0.3 is 6.09 Å². The van der Waals surface area contributed by atoms with Crippen LogP contribution in [0.4, 0.5) is 10.5 Å². The maximum atomic E-state index is 12.8.